The highest BCUT2D eigenvalue weighted by atomic mass is 15.0. The van der Waals surface area contributed by atoms with E-state index in [0.29, 0.717) is 6.04 Å². The first kappa shape index (κ1) is 7.35. The lowest BCUT2D eigenvalue weighted by Crippen LogP contribution is -2.16. The van der Waals surface area contributed by atoms with Crippen LogP contribution in [-0.4, -0.2) is 19.3 Å². The first-order valence-corrected chi connectivity index (χ1v) is 4.17. The molecule has 1 heterocycles. The zero-order chi connectivity index (χ0) is 8.39. The van der Waals surface area contributed by atoms with Crippen LogP contribution in [0.5, 0.6) is 0 Å². The molecule has 1 aromatic rings. The summed E-state index contributed by atoms with van der Waals surface area (Å²) in [4.78, 5) is 4.01. The number of aliphatic imine (C=N–C) groups is 1. The van der Waals surface area contributed by atoms with E-state index in [4.69, 9.17) is 0 Å². The Labute approximate surface area is 72.3 Å². The van der Waals surface area contributed by atoms with E-state index in [0.717, 1.165) is 6.42 Å². The van der Waals surface area contributed by atoms with Crippen LogP contribution in [-0.2, 0) is 6.42 Å². The predicted molar refractivity (Wildman–Crippen MR) is 52.0 cm³/mol. The molecule has 1 N–H and O–H groups in total. The fourth-order valence-corrected chi connectivity index (χ4v) is 1.60. The molecular formula is C10H12N2. The molecule has 1 atom stereocenters. The Balaban J connectivity index is 2.22. The van der Waals surface area contributed by atoms with Crippen LogP contribution in [0.25, 0.3) is 0 Å². The van der Waals surface area contributed by atoms with E-state index in [1.54, 1.807) is 0 Å². The molecule has 2 rings (SSSR count). The van der Waals surface area contributed by atoms with Crippen LogP contribution < -0.4 is 5.32 Å². The van der Waals surface area contributed by atoms with Crippen molar-refractivity contribution in [2.45, 2.75) is 12.5 Å². The fourth-order valence-electron chi connectivity index (χ4n) is 1.60. The third-order valence-corrected chi connectivity index (χ3v) is 2.13. The van der Waals surface area contributed by atoms with Crippen molar-refractivity contribution >= 4 is 11.9 Å². The molecule has 2 nitrogen and oxygen atoms in total. The fraction of sp³-hybridized carbons (Fsp3) is 0.300. The van der Waals surface area contributed by atoms with E-state index in [1.807, 2.05) is 13.3 Å². The zero-order valence-corrected chi connectivity index (χ0v) is 7.12. The van der Waals surface area contributed by atoms with Gasteiger partial charge in [0.05, 0.1) is 6.04 Å². The summed E-state index contributed by atoms with van der Waals surface area (Å²) in [6.45, 7) is 0. The maximum atomic E-state index is 4.01. The van der Waals surface area contributed by atoms with Gasteiger partial charge in [-0.2, -0.15) is 0 Å². The molecule has 0 spiro atoms. The maximum Gasteiger partial charge on any atom is 0.0652 e. The van der Waals surface area contributed by atoms with Crippen molar-refractivity contribution in [3.8, 4) is 0 Å². The Hall–Kier alpha value is -1.31. The molecular weight excluding hydrogens is 148 g/mol. The van der Waals surface area contributed by atoms with Gasteiger partial charge in [-0.3, -0.25) is 4.99 Å². The van der Waals surface area contributed by atoms with Gasteiger partial charge in [-0.1, -0.05) is 18.2 Å². The SMILES string of the molecule is C/N=C\[C@@H]1Cc2ccccc2N1. The van der Waals surface area contributed by atoms with Crippen molar-refractivity contribution in [2.24, 2.45) is 4.99 Å². The Kier molecular flexibility index (Phi) is 1.82. The summed E-state index contributed by atoms with van der Waals surface area (Å²) >= 11 is 0. The second-order valence-electron chi connectivity index (χ2n) is 3.02. The Morgan fingerprint density at radius 3 is 3.08 bits per heavy atom. The molecule has 2 heteroatoms. The molecule has 0 aliphatic carbocycles. The van der Waals surface area contributed by atoms with Crippen LogP contribution in [0.15, 0.2) is 29.3 Å². The number of para-hydroxylation sites is 1. The highest BCUT2D eigenvalue weighted by Crippen LogP contribution is 2.23. The van der Waals surface area contributed by atoms with Gasteiger partial charge in [0.15, 0.2) is 0 Å². The van der Waals surface area contributed by atoms with E-state index in [1.165, 1.54) is 11.3 Å². The molecule has 0 bridgehead atoms. The largest absolute Gasteiger partial charge is 0.377 e. The van der Waals surface area contributed by atoms with Gasteiger partial charge in [0, 0.05) is 18.9 Å². The second kappa shape index (κ2) is 2.97. The van der Waals surface area contributed by atoms with Gasteiger partial charge in [0.2, 0.25) is 0 Å². The van der Waals surface area contributed by atoms with Crippen LogP contribution in [0.1, 0.15) is 5.56 Å². The van der Waals surface area contributed by atoms with Crippen molar-refractivity contribution in [3.05, 3.63) is 29.8 Å². The van der Waals surface area contributed by atoms with Gasteiger partial charge < -0.3 is 5.32 Å². The zero-order valence-electron chi connectivity index (χ0n) is 7.12. The Bertz CT molecular complexity index is 279. The van der Waals surface area contributed by atoms with Gasteiger partial charge in [-0.25, -0.2) is 0 Å². The number of nitrogens with zero attached hydrogens (tertiary/aromatic N) is 1. The number of anilines is 1. The van der Waals surface area contributed by atoms with Gasteiger partial charge in [0.1, 0.15) is 0 Å². The molecule has 0 fully saturated rings. The van der Waals surface area contributed by atoms with Crippen molar-refractivity contribution in [3.63, 3.8) is 0 Å². The van der Waals surface area contributed by atoms with Crippen molar-refractivity contribution in [1.29, 1.82) is 0 Å². The van der Waals surface area contributed by atoms with E-state index in [2.05, 4.69) is 34.6 Å². The molecule has 0 saturated carbocycles. The maximum absolute atomic E-state index is 4.01. The lowest BCUT2D eigenvalue weighted by molar-refractivity contribution is 0.984. The minimum atomic E-state index is 0.396. The number of nitrogens with one attached hydrogen (secondary N) is 1. The molecule has 1 aliphatic rings. The molecule has 1 aliphatic heterocycles. The van der Waals surface area contributed by atoms with Crippen molar-refractivity contribution in [2.75, 3.05) is 12.4 Å². The molecule has 0 saturated heterocycles. The molecule has 62 valence electrons. The van der Waals surface area contributed by atoms with Crippen LogP contribution in [0.2, 0.25) is 0 Å². The average Bonchev–Trinajstić information content (AvgIpc) is 2.47. The topological polar surface area (TPSA) is 24.4 Å². The Morgan fingerprint density at radius 2 is 2.33 bits per heavy atom. The normalized spacial score (nSPS) is 20.9. The summed E-state index contributed by atoms with van der Waals surface area (Å²) in [5, 5.41) is 3.39. The second-order valence-corrected chi connectivity index (χ2v) is 3.02. The van der Waals surface area contributed by atoms with Gasteiger partial charge in [0.25, 0.3) is 0 Å². The van der Waals surface area contributed by atoms with Crippen LogP contribution in [0.4, 0.5) is 5.69 Å². The molecule has 0 radical (unpaired) electrons. The number of hydrogen-bond acceptors (Lipinski definition) is 2. The van der Waals surface area contributed by atoms with Crippen LogP contribution in [0.3, 0.4) is 0 Å². The number of hydrogen-bond donors (Lipinski definition) is 1. The van der Waals surface area contributed by atoms with Crippen LogP contribution in [0, 0.1) is 0 Å². The summed E-state index contributed by atoms with van der Waals surface area (Å²) in [7, 11) is 1.81. The van der Waals surface area contributed by atoms with Crippen molar-refractivity contribution < 1.29 is 0 Å². The Morgan fingerprint density at radius 1 is 1.50 bits per heavy atom. The minimum Gasteiger partial charge on any atom is -0.377 e. The molecule has 12 heavy (non-hydrogen) atoms. The standard InChI is InChI=1S/C10H12N2/c1-11-7-9-6-8-4-2-3-5-10(8)12-9/h2-5,7,9,12H,6H2,1H3/b11-7-/t9-/m0/s1. The predicted octanol–water partition coefficient (Wildman–Crippen LogP) is 1.72. The summed E-state index contributed by atoms with van der Waals surface area (Å²) in [5.41, 5.74) is 2.64. The monoisotopic (exact) mass is 160 g/mol. The lowest BCUT2D eigenvalue weighted by Gasteiger charge is -2.02. The lowest BCUT2D eigenvalue weighted by atomic mass is 10.1. The van der Waals surface area contributed by atoms with Gasteiger partial charge in [-0.15, -0.1) is 0 Å². The van der Waals surface area contributed by atoms with Crippen LogP contribution >= 0.6 is 0 Å². The summed E-state index contributed by atoms with van der Waals surface area (Å²) in [5.74, 6) is 0. The number of fused-ring (bicyclic) bond motifs is 1. The quantitative estimate of drug-likeness (QED) is 0.621. The first-order chi connectivity index (χ1) is 5.90. The highest BCUT2D eigenvalue weighted by Gasteiger charge is 2.16. The average molecular weight is 160 g/mol. The van der Waals surface area contributed by atoms with Gasteiger partial charge >= 0.3 is 0 Å². The molecule has 0 amide bonds. The first-order valence-electron chi connectivity index (χ1n) is 4.17. The van der Waals surface area contributed by atoms with E-state index in [-0.39, 0.29) is 0 Å². The number of rotatable bonds is 1. The van der Waals surface area contributed by atoms with Crippen molar-refractivity contribution in [1.82, 2.24) is 0 Å². The number of benzene rings is 1. The smallest absolute Gasteiger partial charge is 0.0652 e. The van der Waals surface area contributed by atoms with E-state index in [9.17, 15) is 0 Å². The minimum absolute atomic E-state index is 0.396. The van der Waals surface area contributed by atoms with E-state index >= 15 is 0 Å². The molecule has 0 unspecified atom stereocenters. The van der Waals surface area contributed by atoms with E-state index < -0.39 is 0 Å². The van der Waals surface area contributed by atoms with Gasteiger partial charge in [-0.05, 0) is 18.1 Å². The third kappa shape index (κ3) is 1.20. The highest BCUT2D eigenvalue weighted by molar-refractivity contribution is 5.74. The molecule has 1 aromatic carbocycles. The summed E-state index contributed by atoms with van der Waals surface area (Å²) in [6, 6.07) is 8.79. The third-order valence-electron chi connectivity index (χ3n) is 2.13. The molecule has 0 aromatic heterocycles. The summed E-state index contributed by atoms with van der Waals surface area (Å²) < 4.78 is 0. The summed E-state index contributed by atoms with van der Waals surface area (Å²) in [6.07, 6.45) is 3.02.